The Morgan fingerprint density at radius 2 is 2.10 bits per heavy atom. The predicted octanol–water partition coefficient (Wildman–Crippen LogP) is 2.70. The molecule has 2 fully saturated rings. The lowest BCUT2D eigenvalue weighted by Crippen LogP contribution is -2.45. The fraction of sp³-hybridized carbons (Fsp3) is 0.762. The zero-order valence-corrected chi connectivity index (χ0v) is 20.3. The molecule has 0 radical (unpaired) electrons. The number of hydrogen-bond acceptors (Lipinski definition) is 5. The SMILES string of the molecule is CCNC(=NCC(c1ccco1)N1CCCC1)NCC1CCCN1CCOC.I. The van der Waals surface area contributed by atoms with Crippen LogP contribution in [0.1, 0.15) is 44.4 Å². The predicted molar refractivity (Wildman–Crippen MR) is 128 cm³/mol. The van der Waals surface area contributed by atoms with Crippen LogP contribution in [0.2, 0.25) is 0 Å². The largest absolute Gasteiger partial charge is 0.468 e. The van der Waals surface area contributed by atoms with Crippen molar-refractivity contribution in [1.29, 1.82) is 0 Å². The molecule has 1 aromatic heterocycles. The van der Waals surface area contributed by atoms with Crippen LogP contribution in [-0.2, 0) is 4.74 Å². The van der Waals surface area contributed by atoms with Crippen molar-refractivity contribution in [2.45, 2.75) is 44.7 Å². The van der Waals surface area contributed by atoms with Gasteiger partial charge in [0.05, 0.1) is 25.5 Å². The highest BCUT2D eigenvalue weighted by molar-refractivity contribution is 14.0. The fourth-order valence-corrected chi connectivity index (χ4v) is 4.28. The average molecular weight is 519 g/mol. The summed E-state index contributed by atoms with van der Waals surface area (Å²) in [5.74, 6) is 1.92. The Hall–Kier alpha value is -0.840. The number of nitrogens with one attached hydrogen (secondary N) is 2. The molecule has 0 spiro atoms. The second kappa shape index (κ2) is 13.5. The van der Waals surface area contributed by atoms with Crippen LogP contribution in [0.15, 0.2) is 27.8 Å². The number of rotatable bonds is 10. The van der Waals surface area contributed by atoms with Crippen molar-refractivity contribution in [1.82, 2.24) is 20.4 Å². The molecule has 0 saturated carbocycles. The Morgan fingerprint density at radius 1 is 1.28 bits per heavy atom. The van der Waals surface area contributed by atoms with Crippen LogP contribution < -0.4 is 10.6 Å². The lowest BCUT2D eigenvalue weighted by atomic mass is 10.2. The third-order valence-electron chi connectivity index (χ3n) is 5.81. The first kappa shape index (κ1) is 24.4. The monoisotopic (exact) mass is 519 g/mol. The van der Waals surface area contributed by atoms with Crippen LogP contribution in [0.3, 0.4) is 0 Å². The van der Waals surface area contributed by atoms with Gasteiger partial charge >= 0.3 is 0 Å². The maximum Gasteiger partial charge on any atom is 0.191 e. The van der Waals surface area contributed by atoms with Crippen LogP contribution in [0.5, 0.6) is 0 Å². The number of aliphatic imine (C=N–C) groups is 1. The number of guanidine groups is 1. The molecule has 0 bridgehead atoms. The first-order valence-corrected chi connectivity index (χ1v) is 10.8. The van der Waals surface area contributed by atoms with Crippen LogP contribution in [0.4, 0.5) is 0 Å². The molecule has 8 heteroatoms. The molecule has 3 heterocycles. The quantitative estimate of drug-likeness (QED) is 0.282. The zero-order valence-electron chi connectivity index (χ0n) is 17.9. The summed E-state index contributed by atoms with van der Waals surface area (Å²) in [6, 6.07) is 4.82. The van der Waals surface area contributed by atoms with Gasteiger partial charge in [0.1, 0.15) is 5.76 Å². The molecule has 0 aromatic carbocycles. The van der Waals surface area contributed by atoms with E-state index in [1.807, 2.05) is 6.07 Å². The van der Waals surface area contributed by atoms with Gasteiger partial charge in [-0.2, -0.15) is 0 Å². The van der Waals surface area contributed by atoms with Gasteiger partial charge in [-0.1, -0.05) is 0 Å². The molecule has 1 aromatic rings. The van der Waals surface area contributed by atoms with E-state index in [1.165, 1.54) is 32.2 Å². The van der Waals surface area contributed by atoms with Crippen molar-refractivity contribution in [3.05, 3.63) is 24.2 Å². The number of hydrogen-bond donors (Lipinski definition) is 2. The third kappa shape index (κ3) is 7.41. The number of likely N-dealkylation sites (tertiary alicyclic amines) is 2. The first-order chi connectivity index (χ1) is 13.8. The Bertz CT molecular complexity index is 578. The number of furan rings is 1. The van der Waals surface area contributed by atoms with E-state index < -0.39 is 0 Å². The smallest absolute Gasteiger partial charge is 0.191 e. The molecular formula is C21H38IN5O2. The highest BCUT2D eigenvalue weighted by Crippen LogP contribution is 2.25. The van der Waals surface area contributed by atoms with E-state index >= 15 is 0 Å². The summed E-state index contributed by atoms with van der Waals surface area (Å²) in [5, 5.41) is 6.97. The van der Waals surface area contributed by atoms with Crippen LogP contribution in [0.25, 0.3) is 0 Å². The zero-order chi connectivity index (χ0) is 19.6. The van der Waals surface area contributed by atoms with Gasteiger partial charge in [0.2, 0.25) is 0 Å². The van der Waals surface area contributed by atoms with E-state index in [0.29, 0.717) is 12.6 Å². The number of ether oxygens (including phenoxy) is 1. The Labute approximate surface area is 192 Å². The van der Waals surface area contributed by atoms with Gasteiger partial charge in [-0.05, 0) is 64.4 Å². The van der Waals surface area contributed by atoms with Crippen molar-refractivity contribution >= 4 is 29.9 Å². The van der Waals surface area contributed by atoms with E-state index in [9.17, 15) is 0 Å². The van der Waals surface area contributed by atoms with Crippen molar-refractivity contribution in [2.24, 2.45) is 4.99 Å². The highest BCUT2D eigenvalue weighted by atomic mass is 127. The maximum atomic E-state index is 5.72. The van der Waals surface area contributed by atoms with E-state index in [1.54, 1.807) is 13.4 Å². The van der Waals surface area contributed by atoms with E-state index in [-0.39, 0.29) is 30.0 Å². The lowest BCUT2D eigenvalue weighted by molar-refractivity contribution is 0.141. The molecular weight excluding hydrogens is 481 g/mol. The van der Waals surface area contributed by atoms with Gasteiger partial charge in [-0.3, -0.25) is 14.8 Å². The highest BCUT2D eigenvalue weighted by Gasteiger charge is 2.26. The number of nitrogens with zero attached hydrogens (tertiary/aromatic N) is 3. The molecule has 0 aliphatic carbocycles. The van der Waals surface area contributed by atoms with Crippen molar-refractivity contribution < 1.29 is 9.15 Å². The first-order valence-electron chi connectivity index (χ1n) is 10.8. The standard InChI is InChI=1S/C21H37N5O2.HI/c1-3-22-21(23-16-18-8-6-12-25(18)13-15-27-2)24-17-19(20-9-7-14-28-20)26-10-4-5-11-26;/h7,9,14,18-19H,3-6,8,10-13,15-17H2,1-2H3,(H2,22,23,24);1H. The summed E-state index contributed by atoms with van der Waals surface area (Å²) >= 11 is 0. The minimum Gasteiger partial charge on any atom is -0.468 e. The summed E-state index contributed by atoms with van der Waals surface area (Å²) in [5.41, 5.74) is 0. The van der Waals surface area contributed by atoms with Gasteiger partial charge in [0, 0.05) is 32.8 Å². The maximum absolute atomic E-state index is 5.72. The second-order valence-corrected chi connectivity index (χ2v) is 7.70. The van der Waals surface area contributed by atoms with Gasteiger partial charge in [0.25, 0.3) is 0 Å². The summed E-state index contributed by atoms with van der Waals surface area (Å²) in [7, 11) is 1.77. The molecule has 2 aliphatic rings. The van der Waals surface area contributed by atoms with Crippen LogP contribution >= 0.6 is 24.0 Å². The normalized spacial score (nSPS) is 21.9. The van der Waals surface area contributed by atoms with Crippen LogP contribution in [-0.4, -0.2) is 81.3 Å². The second-order valence-electron chi connectivity index (χ2n) is 7.70. The van der Waals surface area contributed by atoms with Gasteiger partial charge in [0.15, 0.2) is 5.96 Å². The Morgan fingerprint density at radius 3 is 2.79 bits per heavy atom. The molecule has 2 saturated heterocycles. The Kier molecular flexibility index (Phi) is 11.3. The van der Waals surface area contributed by atoms with E-state index in [2.05, 4.69) is 33.4 Å². The summed E-state index contributed by atoms with van der Waals surface area (Å²) < 4.78 is 11.0. The molecule has 0 amide bonds. The third-order valence-corrected chi connectivity index (χ3v) is 5.81. The van der Waals surface area contributed by atoms with E-state index in [4.69, 9.17) is 14.1 Å². The van der Waals surface area contributed by atoms with E-state index in [0.717, 1.165) is 51.1 Å². The molecule has 2 unspecified atom stereocenters. The van der Waals surface area contributed by atoms with Crippen LogP contribution in [0, 0.1) is 0 Å². The van der Waals surface area contributed by atoms with Gasteiger partial charge in [-0.25, -0.2) is 0 Å². The molecule has 2 N–H and O–H groups in total. The topological polar surface area (TPSA) is 65.3 Å². The van der Waals surface area contributed by atoms with Gasteiger partial charge < -0.3 is 19.8 Å². The van der Waals surface area contributed by atoms with Crippen molar-refractivity contribution in [2.75, 3.05) is 59.5 Å². The minimum atomic E-state index is 0. The van der Waals surface area contributed by atoms with Crippen molar-refractivity contribution in [3.63, 3.8) is 0 Å². The molecule has 29 heavy (non-hydrogen) atoms. The average Bonchev–Trinajstić information content (AvgIpc) is 3.47. The fourth-order valence-electron chi connectivity index (χ4n) is 4.28. The summed E-state index contributed by atoms with van der Waals surface area (Å²) in [4.78, 5) is 9.93. The summed E-state index contributed by atoms with van der Waals surface area (Å²) in [6.07, 6.45) is 6.79. The van der Waals surface area contributed by atoms with Gasteiger partial charge in [-0.15, -0.1) is 24.0 Å². The molecule has 2 atom stereocenters. The Balaban J connectivity index is 0.00000300. The number of halogens is 1. The number of methoxy groups -OCH3 is 1. The minimum absolute atomic E-state index is 0. The van der Waals surface area contributed by atoms with Crippen molar-refractivity contribution in [3.8, 4) is 0 Å². The molecule has 166 valence electrons. The molecule has 7 nitrogen and oxygen atoms in total. The molecule has 2 aliphatic heterocycles. The molecule has 3 rings (SSSR count). The summed E-state index contributed by atoms with van der Waals surface area (Å²) in [6.45, 7) is 9.83. The lowest BCUT2D eigenvalue weighted by Gasteiger charge is -2.26.